The zero-order chi connectivity index (χ0) is 10.3. The van der Waals surface area contributed by atoms with Crippen molar-refractivity contribution in [3.63, 3.8) is 0 Å². The number of hydrogen-bond acceptors (Lipinski definition) is 4. The van der Waals surface area contributed by atoms with Gasteiger partial charge in [0.1, 0.15) is 24.4 Å². The molecule has 1 aromatic heterocycles. The molecular formula is C10H9N3O2. The summed E-state index contributed by atoms with van der Waals surface area (Å²) in [6, 6.07) is 4.99. The van der Waals surface area contributed by atoms with E-state index in [0.29, 0.717) is 6.61 Å². The summed E-state index contributed by atoms with van der Waals surface area (Å²) in [5.74, 6) is 1.67. The van der Waals surface area contributed by atoms with Crippen LogP contribution in [0.1, 0.15) is 0 Å². The van der Waals surface area contributed by atoms with Gasteiger partial charge in [0.15, 0.2) is 5.82 Å². The number of phenolic OH excluding ortho intramolecular Hbond substituents is 1. The first-order chi connectivity index (χ1) is 7.34. The number of nitrogens with zero attached hydrogens (tertiary/aromatic N) is 3. The molecule has 2 heterocycles. The van der Waals surface area contributed by atoms with Gasteiger partial charge >= 0.3 is 0 Å². The van der Waals surface area contributed by atoms with E-state index in [2.05, 4.69) is 10.2 Å². The maximum atomic E-state index is 9.43. The largest absolute Gasteiger partial charge is 0.508 e. The van der Waals surface area contributed by atoms with Crippen molar-refractivity contribution in [2.24, 2.45) is 0 Å². The van der Waals surface area contributed by atoms with E-state index in [1.165, 1.54) is 0 Å². The van der Waals surface area contributed by atoms with Crippen LogP contribution in [0.5, 0.6) is 11.5 Å². The minimum absolute atomic E-state index is 0.203. The summed E-state index contributed by atoms with van der Waals surface area (Å²) in [5.41, 5.74) is 0.782. The Morgan fingerprint density at radius 3 is 3.27 bits per heavy atom. The SMILES string of the molecule is Oc1ccc2c(c1)-c1nncn1CCO2. The van der Waals surface area contributed by atoms with E-state index in [0.717, 1.165) is 23.7 Å². The third-order valence-electron chi connectivity index (χ3n) is 2.41. The van der Waals surface area contributed by atoms with Crippen LogP contribution in [-0.4, -0.2) is 26.5 Å². The van der Waals surface area contributed by atoms with Gasteiger partial charge in [-0.3, -0.25) is 0 Å². The van der Waals surface area contributed by atoms with Crippen LogP contribution in [-0.2, 0) is 6.54 Å². The average Bonchev–Trinajstić information content (AvgIpc) is 2.62. The van der Waals surface area contributed by atoms with Gasteiger partial charge in [-0.15, -0.1) is 10.2 Å². The molecule has 1 aromatic carbocycles. The molecule has 0 spiro atoms. The van der Waals surface area contributed by atoms with Crippen LogP contribution in [0.15, 0.2) is 24.5 Å². The molecule has 0 unspecified atom stereocenters. The van der Waals surface area contributed by atoms with Crippen LogP contribution in [0.3, 0.4) is 0 Å². The van der Waals surface area contributed by atoms with Crippen molar-refractivity contribution in [1.82, 2.24) is 14.8 Å². The molecule has 0 atom stereocenters. The normalized spacial score (nSPS) is 13.6. The topological polar surface area (TPSA) is 60.2 Å². The molecular weight excluding hydrogens is 194 g/mol. The molecule has 0 aliphatic carbocycles. The van der Waals surface area contributed by atoms with Crippen molar-refractivity contribution < 1.29 is 9.84 Å². The van der Waals surface area contributed by atoms with Crippen molar-refractivity contribution in [3.8, 4) is 22.9 Å². The summed E-state index contributed by atoms with van der Waals surface area (Å²) in [6.45, 7) is 1.31. The Labute approximate surface area is 85.9 Å². The summed E-state index contributed by atoms with van der Waals surface area (Å²) in [5, 5.41) is 17.3. The molecule has 1 aliphatic heterocycles. The van der Waals surface area contributed by atoms with Crippen molar-refractivity contribution in [3.05, 3.63) is 24.5 Å². The molecule has 0 saturated carbocycles. The van der Waals surface area contributed by atoms with E-state index in [1.807, 2.05) is 4.57 Å². The van der Waals surface area contributed by atoms with Crippen molar-refractivity contribution in [2.75, 3.05) is 6.61 Å². The maximum absolute atomic E-state index is 9.43. The Morgan fingerprint density at radius 1 is 1.40 bits per heavy atom. The monoisotopic (exact) mass is 203 g/mol. The number of aromatic hydroxyl groups is 1. The number of phenols is 1. The molecule has 0 saturated heterocycles. The first-order valence-electron chi connectivity index (χ1n) is 4.68. The van der Waals surface area contributed by atoms with Gasteiger partial charge < -0.3 is 14.4 Å². The number of rotatable bonds is 0. The molecule has 0 radical (unpaired) electrons. The molecule has 3 rings (SSSR count). The second-order valence-corrected chi connectivity index (χ2v) is 3.38. The predicted molar refractivity (Wildman–Crippen MR) is 52.6 cm³/mol. The highest BCUT2D eigenvalue weighted by atomic mass is 16.5. The van der Waals surface area contributed by atoms with E-state index < -0.39 is 0 Å². The molecule has 1 aliphatic rings. The van der Waals surface area contributed by atoms with Crippen LogP contribution in [0.4, 0.5) is 0 Å². The first-order valence-corrected chi connectivity index (χ1v) is 4.68. The molecule has 5 heteroatoms. The highest BCUT2D eigenvalue weighted by Gasteiger charge is 2.17. The summed E-state index contributed by atoms with van der Waals surface area (Å²) >= 11 is 0. The Hall–Kier alpha value is -2.04. The van der Waals surface area contributed by atoms with Gasteiger partial charge in [-0.25, -0.2) is 0 Å². The summed E-state index contributed by atoms with van der Waals surface area (Å²) in [6.07, 6.45) is 1.66. The number of fused-ring (bicyclic) bond motifs is 3. The van der Waals surface area contributed by atoms with Crippen molar-refractivity contribution in [1.29, 1.82) is 0 Å². The third kappa shape index (κ3) is 1.24. The first kappa shape index (κ1) is 8.28. The van der Waals surface area contributed by atoms with E-state index in [4.69, 9.17) is 4.74 Å². The lowest BCUT2D eigenvalue weighted by Crippen LogP contribution is -2.04. The highest BCUT2D eigenvalue weighted by Crippen LogP contribution is 2.33. The highest BCUT2D eigenvalue weighted by molar-refractivity contribution is 5.66. The maximum Gasteiger partial charge on any atom is 0.167 e. The molecule has 0 fully saturated rings. The second kappa shape index (κ2) is 2.98. The lowest BCUT2D eigenvalue weighted by molar-refractivity contribution is 0.306. The minimum Gasteiger partial charge on any atom is -0.508 e. The fraction of sp³-hybridized carbons (Fsp3) is 0.200. The predicted octanol–water partition coefficient (Wildman–Crippen LogP) is 1.04. The van der Waals surface area contributed by atoms with Gasteiger partial charge in [0, 0.05) is 0 Å². The molecule has 5 nitrogen and oxygen atoms in total. The summed E-state index contributed by atoms with van der Waals surface area (Å²) in [7, 11) is 0. The molecule has 15 heavy (non-hydrogen) atoms. The fourth-order valence-electron chi connectivity index (χ4n) is 1.70. The van der Waals surface area contributed by atoms with Crippen molar-refractivity contribution in [2.45, 2.75) is 6.54 Å². The molecule has 1 N–H and O–H groups in total. The van der Waals surface area contributed by atoms with E-state index in [9.17, 15) is 5.11 Å². The lowest BCUT2D eigenvalue weighted by Gasteiger charge is -2.05. The fourth-order valence-corrected chi connectivity index (χ4v) is 1.70. The van der Waals surface area contributed by atoms with Gasteiger partial charge in [-0.05, 0) is 18.2 Å². The standard InChI is InChI=1S/C10H9N3O2/c14-7-1-2-9-8(5-7)10-12-11-6-13(10)3-4-15-9/h1-2,5-6,14H,3-4H2. The summed E-state index contributed by atoms with van der Waals surface area (Å²) < 4.78 is 7.45. The van der Waals surface area contributed by atoms with Crippen LogP contribution in [0.2, 0.25) is 0 Å². The molecule has 0 bridgehead atoms. The molecule has 0 amide bonds. The number of ether oxygens (including phenoxy) is 1. The van der Waals surface area contributed by atoms with E-state index in [1.54, 1.807) is 24.5 Å². The van der Waals surface area contributed by atoms with Crippen molar-refractivity contribution >= 4 is 0 Å². The average molecular weight is 203 g/mol. The number of hydrogen-bond donors (Lipinski definition) is 1. The quantitative estimate of drug-likeness (QED) is 0.695. The van der Waals surface area contributed by atoms with E-state index in [-0.39, 0.29) is 5.75 Å². The second-order valence-electron chi connectivity index (χ2n) is 3.38. The lowest BCUT2D eigenvalue weighted by atomic mass is 10.2. The van der Waals surface area contributed by atoms with Gasteiger partial charge in [0.2, 0.25) is 0 Å². The number of aromatic nitrogens is 3. The van der Waals surface area contributed by atoms with Gasteiger partial charge in [-0.2, -0.15) is 0 Å². The third-order valence-corrected chi connectivity index (χ3v) is 2.41. The van der Waals surface area contributed by atoms with Gasteiger partial charge in [0.25, 0.3) is 0 Å². The van der Waals surface area contributed by atoms with Crippen LogP contribution >= 0.6 is 0 Å². The summed E-state index contributed by atoms with van der Waals surface area (Å²) in [4.78, 5) is 0. The zero-order valence-corrected chi connectivity index (χ0v) is 7.92. The van der Waals surface area contributed by atoms with Crippen LogP contribution in [0, 0.1) is 0 Å². The zero-order valence-electron chi connectivity index (χ0n) is 7.92. The Balaban J connectivity index is 2.27. The van der Waals surface area contributed by atoms with E-state index >= 15 is 0 Å². The number of benzene rings is 1. The smallest absolute Gasteiger partial charge is 0.167 e. The minimum atomic E-state index is 0.203. The van der Waals surface area contributed by atoms with Gasteiger partial charge in [-0.1, -0.05) is 0 Å². The van der Waals surface area contributed by atoms with Gasteiger partial charge in [0.05, 0.1) is 12.1 Å². The Kier molecular flexibility index (Phi) is 1.65. The van der Waals surface area contributed by atoms with Crippen LogP contribution in [0.25, 0.3) is 11.4 Å². The van der Waals surface area contributed by atoms with Crippen LogP contribution < -0.4 is 4.74 Å². The molecule has 76 valence electrons. The Bertz CT molecular complexity index is 507. The Morgan fingerprint density at radius 2 is 2.33 bits per heavy atom. The molecule has 2 aromatic rings.